The number of unbranched alkanes of at least 4 members (excludes halogenated alkanes) is 1. The van der Waals surface area contributed by atoms with Crippen LogP contribution in [-0.2, 0) is 10.0 Å². The second-order valence-corrected chi connectivity index (χ2v) is 8.97. The van der Waals surface area contributed by atoms with Gasteiger partial charge in [-0.2, -0.15) is 0 Å². The van der Waals surface area contributed by atoms with Gasteiger partial charge in [-0.15, -0.1) is 0 Å². The summed E-state index contributed by atoms with van der Waals surface area (Å²) in [4.78, 5) is 4.74. The van der Waals surface area contributed by atoms with Crippen LogP contribution in [0.3, 0.4) is 0 Å². The molecule has 1 N–H and O–H groups in total. The van der Waals surface area contributed by atoms with Gasteiger partial charge in [0.15, 0.2) is 0 Å². The highest BCUT2D eigenvalue weighted by Gasteiger charge is 2.18. The van der Waals surface area contributed by atoms with Crippen molar-refractivity contribution in [1.29, 1.82) is 0 Å². The fraction of sp³-hybridized carbons (Fsp3) is 0.208. The first-order chi connectivity index (χ1) is 15.5. The van der Waals surface area contributed by atoms with Gasteiger partial charge in [-0.1, -0.05) is 19.4 Å². The molecule has 7 nitrogen and oxygen atoms in total. The van der Waals surface area contributed by atoms with E-state index in [-0.39, 0.29) is 4.90 Å². The van der Waals surface area contributed by atoms with Crippen molar-refractivity contribution in [3.05, 3.63) is 73.1 Å². The summed E-state index contributed by atoms with van der Waals surface area (Å²) in [5.41, 5.74) is 2.65. The molecule has 2 aromatic carbocycles. The van der Waals surface area contributed by atoms with Crippen molar-refractivity contribution in [3.8, 4) is 22.8 Å². The molecule has 2 heterocycles. The minimum Gasteiger partial charge on any atom is -0.495 e. The molecule has 0 saturated heterocycles. The van der Waals surface area contributed by atoms with E-state index in [0.29, 0.717) is 23.8 Å². The number of imidazole rings is 1. The Morgan fingerprint density at radius 3 is 2.59 bits per heavy atom. The van der Waals surface area contributed by atoms with E-state index in [1.54, 1.807) is 24.3 Å². The first-order valence-corrected chi connectivity index (χ1v) is 11.9. The first-order valence-electron chi connectivity index (χ1n) is 10.4. The number of hydrogen-bond acceptors (Lipinski definition) is 5. The standard InChI is InChI=1S/C24H25N3O4S/c1-3-4-15-31-19-9-11-20(12-10-19)32(28,29)26-21-16-18(8-13-23(21)30-2)22-17-27-14-6-5-7-24(27)25-22/h5-14,16-17,26H,3-4,15H2,1-2H3. The summed E-state index contributed by atoms with van der Waals surface area (Å²) in [7, 11) is -2.32. The zero-order valence-electron chi connectivity index (χ0n) is 18.0. The molecule has 2 aromatic heterocycles. The maximum absolute atomic E-state index is 13.0. The average molecular weight is 452 g/mol. The van der Waals surface area contributed by atoms with Crippen molar-refractivity contribution < 1.29 is 17.9 Å². The lowest BCUT2D eigenvalue weighted by molar-refractivity contribution is 0.309. The SMILES string of the molecule is CCCCOc1ccc(S(=O)(=O)Nc2cc(-c3cn4ccccc4n3)ccc2OC)cc1. The molecule has 0 fully saturated rings. The molecule has 0 aliphatic rings. The van der Waals surface area contributed by atoms with E-state index in [2.05, 4.69) is 16.6 Å². The van der Waals surface area contributed by atoms with Gasteiger partial charge in [0.1, 0.15) is 17.1 Å². The minimum absolute atomic E-state index is 0.139. The van der Waals surface area contributed by atoms with Gasteiger partial charge in [0.25, 0.3) is 10.0 Å². The van der Waals surface area contributed by atoms with Crippen LogP contribution in [0.4, 0.5) is 5.69 Å². The van der Waals surface area contributed by atoms with Crippen LogP contribution in [0.1, 0.15) is 19.8 Å². The summed E-state index contributed by atoms with van der Waals surface area (Å²) in [6, 6.07) is 17.4. The Labute approximate surface area is 187 Å². The number of benzene rings is 2. The third-order valence-corrected chi connectivity index (χ3v) is 6.39. The van der Waals surface area contributed by atoms with E-state index in [4.69, 9.17) is 9.47 Å². The number of rotatable bonds is 9. The highest BCUT2D eigenvalue weighted by Crippen LogP contribution is 2.32. The minimum atomic E-state index is -3.82. The van der Waals surface area contributed by atoms with E-state index in [9.17, 15) is 8.42 Å². The Balaban J connectivity index is 1.60. The number of methoxy groups -OCH3 is 1. The predicted octanol–water partition coefficient (Wildman–Crippen LogP) is 4.99. The van der Waals surface area contributed by atoms with Crippen LogP contribution < -0.4 is 14.2 Å². The smallest absolute Gasteiger partial charge is 0.262 e. The molecule has 0 radical (unpaired) electrons. The van der Waals surface area contributed by atoms with Gasteiger partial charge in [-0.05, 0) is 61.0 Å². The number of anilines is 1. The van der Waals surface area contributed by atoms with Gasteiger partial charge >= 0.3 is 0 Å². The van der Waals surface area contributed by atoms with Gasteiger partial charge in [-0.3, -0.25) is 4.72 Å². The Kier molecular flexibility index (Phi) is 6.32. The molecule has 0 bridgehead atoms. The maximum Gasteiger partial charge on any atom is 0.262 e. The van der Waals surface area contributed by atoms with Gasteiger partial charge in [0, 0.05) is 18.0 Å². The summed E-state index contributed by atoms with van der Waals surface area (Å²) in [6.07, 6.45) is 5.79. The molecule has 32 heavy (non-hydrogen) atoms. The molecule has 4 aromatic rings. The van der Waals surface area contributed by atoms with Gasteiger partial charge in [0.2, 0.25) is 0 Å². The predicted molar refractivity (Wildman–Crippen MR) is 125 cm³/mol. The second kappa shape index (κ2) is 9.32. The van der Waals surface area contributed by atoms with Gasteiger partial charge in [-0.25, -0.2) is 13.4 Å². The third-order valence-electron chi connectivity index (χ3n) is 5.00. The molecule has 0 aliphatic carbocycles. The number of aromatic nitrogens is 2. The van der Waals surface area contributed by atoms with Crippen molar-refractivity contribution in [1.82, 2.24) is 9.38 Å². The van der Waals surface area contributed by atoms with Crippen LogP contribution in [0.15, 0.2) is 78.0 Å². The third kappa shape index (κ3) is 4.70. The number of ether oxygens (including phenoxy) is 2. The fourth-order valence-corrected chi connectivity index (χ4v) is 4.34. The molecule has 4 rings (SSSR count). The average Bonchev–Trinajstić information content (AvgIpc) is 3.24. The summed E-state index contributed by atoms with van der Waals surface area (Å²) < 4.78 is 41.6. The van der Waals surface area contributed by atoms with Crippen LogP contribution >= 0.6 is 0 Å². The number of nitrogens with one attached hydrogen (secondary N) is 1. The molecule has 0 atom stereocenters. The Hall–Kier alpha value is -3.52. The van der Waals surface area contributed by atoms with Gasteiger partial charge < -0.3 is 13.9 Å². The molecule has 8 heteroatoms. The molecule has 0 aliphatic heterocycles. The monoisotopic (exact) mass is 451 g/mol. The zero-order chi connectivity index (χ0) is 22.6. The highest BCUT2D eigenvalue weighted by molar-refractivity contribution is 7.92. The largest absolute Gasteiger partial charge is 0.495 e. The van der Waals surface area contributed by atoms with Crippen LogP contribution in [0.5, 0.6) is 11.5 Å². The molecule has 0 saturated carbocycles. The van der Waals surface area contributed by atoms with E-state index in [1.807, 2.05) is 41.1 Å². The molecular formula is C24H25N3O4S. The van der Waals surface area contributed by atoms with Crippen LogP contribution in [0.25, 0.3) is 16.9 Å². The number of fused-ring (bicyclic) bond motifs is 1. The van der Waals surface area contributed by atoms with Crippen molar-refractivity contribution in [2.75, 3.05) is 18.4 Å². The Bertz CT molecular complexity index is 1280. The van der Waals surface area contributed by atoms with E-state index in [0.717, 1.165) is 29.7 Å². The maximum atomic E-state index is 13.0. The summed E-state index contributed by atoms with van der Waals surface area (Å²) >= 11 is 0. The Morgan fingerprint density at radius 1 is 1.06 bits per heavy atom. The summed E-state index contributed by atoms with van der Waals surface area (Å²) in [6.45, 7) is 2.69. The van der Waals surface area contributed by atoms with E-state index in [1.165, 1.54) is 19.2 Å². The van der Waals surface area contributed by atoms with E-state index >= 15 is 0 Å². The number of pyridine rings is 1. The lowest BCUT2D eigenvalue weighted by Gasteiger charge is -2.13. The normalized spacial score (nSPS) is 11.4. The number of nitrogens with zero attached hydrogens (tertiary/aromatic N) is 2. The van der Waals surface area contributed by atoms with Crippen molar-refractivity contribution in [2.24, 2.45) is 0 Å². The van der Waals surface area contributed by atoms with Crippen LogP contribution in [0, 0.1) is 0 Å². The second-order valence-electron chi connectivity index (χ2n) is 7.29. The number of sulfonamides is 1. The lowest BCUT2D eigenvalue weighted by atomic mass is 10.1. The lowest BCUT2D eigenvalue weighted by Crippen LogP contribution is -2.13. The van der Waals surface area contributed by atoms with Crippen molar-refractivity contribution in [2.45, 2.75) is 24.7 Å². The Morgan fingerprint density at radius 2 is 1.88 bits per heavy atom. The molecular weight excluding hydrogens is 426 g/mol. The fourth-order valence-electron chi connectivity index (χ4n) is 3.27. The summed E-state index contributed by atoms with van der Waals surface area (Å²) in [5, 5.41) is 0. The van der Waals surface area contributed by atoms with Crippen LogP contribution in [-0.4, -0.2) is 31.5 Å². The van der Waals surface area contributed by atoms with Crippen LogP contribution in [0.2, 0.25) is 0 Å². The summed E-state index contributed by atoms with van der Waals surface area (Å²) in [5.74, 6) is 1.06. The quantitative estimate of drug-likeness (QED) is 0.363. The topological polar surface area (TPSA) is 81.9 Å². The highest BCUT2D eigenvalue weighted by atomic mass is 32.2. The molecule has 0 unspecified atom stereocenters. The first kappa shape index (κ1) is 21.7. The zero-order valence-corrected chi connectivity index (χ0v) is 18.8. The molecule has 0 amide bonds. The number of hydrogen-bond donors (Lipinski definition) is 1. The van der Waals surface area contributed by atoms with Gasteiger partial charge in [0.05, 0.1) is 30.0 Å². The van der Waals surface area contributed by atoms with Crippen molar-refractivity contribution >= 4 is 21.4 Å². The van der Waals surface area contributed by atoms with E-state index < -0.39 is 10.0 Å². The van der Waals surface area contributed by atoms with Crippen molar-refractivity contribution in [3.63, 3.8) is 0 Å². The molecule has 0 spiro atoms. The molecule has 166 valence electrons.